The minimum Gasteiger partial charge on any atom is -0.276 e. The lowest BCUT2D eigenvalue weighted by Crippen LogP contribution is -2.01. The van der Waals surface area contributed by atoms with Crippen molar-refractivity contribution >= 4 is 27.7 Å². The number of fused-ring (bicyclic) bond motifs is 1. The summed E-state index contributed by atoms with van der Waals surface area (Å²) < 4.78 is 1.91. The lowest BCUT2D eigenvalue weighted by molar-refractivity contribution is 0.108. The number of carbonyl (C=O) groups excluding carboxylic acids is 1. The molecule has 2 aromatic rings. The molecule has 15 heavy (non-hydrogen) atoms. The van der Waals surface area contributed by atoms with Gasteiger partial charge in [0.1, 0.15) is 0 Å². The van der Waals surface area contributed by atoms with E-state index in [9.17, 15) is 4.79 Å². The molecule has 1 aromatic heterocycles. The summed E-state index contributed by atoms with van der Waals surface area (Å²) in [6.45, 7) is 4.13. The minimum atomic E-state index is -0.436. The molecule has 0 aliphatic heterocycles. The van der Waals surface area contributed by atoms with Gasteiger partial charge in [-0.05, 0) is 43.6 Å². The number of nitrogens with zero attached hydrogens (tertiary/aromatic N) is 2. The molecule has 0 atom stereocenters. The largest absolute Gasteiger partial charge is 0.276 e. The second-order valence-corrected chi connectivity index (χ2v) is 4.07. The zero-order valence-corrected chi connectivity index (χ0v) is 9.32. The fraction of sp³-hybridized carbons (Fsp3) is 0.273. The number of hydrogen-bond donors (Lipinski definition) is 0. The van der Waals surface area contributed by atoms with Crippen LogP contribution in [0.3, 0.4) is 0 Å². The average molecular weight is 223 g/mol. The Balaban J connectivity index is 2.61. The third-order valence-corrected chi connectivity index (χ3v) is 2.53. The molecule has 1 heterocycles. The highest BCUT2D eigenvalue weighted by atomic mass is 35.5. The molecular formula is C11H11ClN2O. The first-order valence-corrected chi connectivity index (χ1v) is 5.14. The summed E-state index contributed by atoms with van der Waals surface area (Å²) in [4.78, 5) is 11.0. The topological polar surface area (TPSA) is 34.9 Å². The van der Waals surface area contributed by atoms with E-state index in [1.165, 1.54) is 0 Å². The molecular weight excluding hydrogens is 212 g/mol. The van der Waals surface area contributed by atoms with Gasteiger partial charge in [-0.25, -0.2) is 0 Å². The summed E-state index contributed by atoms with van der Waals surface area (Å²) >= 11 is 5.41. The van der Waals surface area contributed by atoms with E-state index in [1.54, 1.807) is 18.3 Å². The summed E-state index contributed by atoms with van der Waals surface area (Å²) in [6, 6.07) is 5.66. The second-order valence-electron chi connectivity index (χ2n) is 3.73. The van der Waals surface area contributed by atoms with E-state index in [0.717, 1.165) is 10.9 Å². The molecule has 0 aliphatic rings. The summed E-state index contributed by atoms with van der Waals surface area (Å²) in [5, 5.41) is 4.76. The van der Waals surface area contributed by atoms with Crippen LogP contribution in [0.2, 0.25) is 0 Å². The third-order valence-electron chi connectivity index (χ3n) is 2.31. The van der Waals surface area contributed by atoms with Crippen molar-refractivity contribution in [3.8, 4) is 0 Å². The average Bonchev–Trinajstić information content (AvgIpc) is 2.59. The van der Waals surface area contributed by atoms with E-state index >= 15 is 0 Å². The zero-order chi connectivity index (χ0) is 11.0. The monoisotopic (exact) mass is 222 g/mol. The highest BCUT2D eigenvalue weighted by molar-refractivity contribution is 6.67. The van der Waals surface area contributed by atoms with Crippen molar-refractivity contribution in [1.29, 1.82) is 0 Å². The maximum Gasteiger partial charge on any atom is 0.252 e. The Morgan fingerprint density at radius 2 is 2.20 bits per heavy atom. The van der Waals surface area contributed by atoms with Gasteiger partial charge in [0, 0.05) is 17.0 Å². The fourth-order valence-corrected chi connectivity index (χ4v) is 1.70. The number of halogens is 1. The minimum absolute atomic E-state index is 0.306. The Hall–Kier alpha value is -1.35. The van der Waals surface area contributed by atoms with Gasteiger partial charge in [-0.2, -0.15) is 5.10 Å². The Morgan fingerprint density at radius 1 is 1.47 bits per heavy atom. The van der Waals surface area contributed by atoms with Crippen LogP contribution < -0.4 is 0 Å². The van der Waals surface area contributed by atoms with Crippen LogP contribution in [0.4, 0.5) is 0 Å². The van der Waals surface area contributed by atoms with Gasteiger partial charge in [-0.3, -0.25) is 9.48 Å². The van der Waals surface area contributed by atoms with Crippen LogP contribution in [0, 0.1) is 0 Å². The van der Waals surface area contributed by atoms with Crippen LogP contribution in [-0.4, -0.2) is 15.0 Å². The van der Waals surface area contributed by atoms with E-state index in [-0.39, 0.29) is 0 Å². The molecule has 0 saturated heterocycles. The Kier molecular flexibility index (Phi) is 2.49. The lowest BCUT2D eigenvalue weighted by Gasteiger charge is -2.06. The van der Waals surface area contributed by atoms with Gasteiger partial charge in [-0.15, -0.1) is 0 Å². The molecule has 0 amide bonds. The quantitative estimate of drug-likeness (QED) is 0.733. The van der Waals surface area contributed by atoms with Gasteiger partial charge >= 0.3 is 0 Å². The second kappa shape index (κ2) is 3.66. The zero-order valence-electron chi connectivity index (χ0n) is 8.57. The van der Waals surface area contributed by atoms with Crippen LogP contribution in [-0.2, 0) is 0 Å². The molecule has 0 radical (unpaired) electrons. The smallest absolute Gasteiger partial charge is 0.252 e. The summed E-state index contributed by atoms with van der Waals surface area (Å²) in [5.74, 6) is 0. The van der Waals surface area contributed by atoms with Gasteiger partial charge in [-0.1, -0.05) is 0 Å². The molecule has 1 aromatic carbocycles. The van der Waals surface area contributed by atoms with Gasteiger partial charge in [0.2, 0.25) is 0 Å². The SMILES string of the molecule is CC(C)n1ncc2cc(C(=O)Cl)ccc21. The summed E-state index contributed by atoms with van der Waals surface area (Å²) in [6.07, 6.45) is 1.75. The molecule has 78 valence electrons. The van der Waals surface area contributed by atoms with Crippen molar-refractivity contribution in [2.75, 3.05) is 0 Å². The van der Waals surface area contributed by atoms with Gasteiger partial charge in [0.25, 0.3) is 5.24 Å². The third kappa shape index (κ3) is 1.75. The first-order chi connectivity index (χ1) is 7.09. The maximum atomic E-state index is 11.0. The molecule has 0 spiro atoms. The van der Waals surface area contributed by atoms with Crippen LogP contribution >= 0.6 is 11.6 Å². The molecule has 0 saturated carbocycles. The Labute approximate surface area is 92.6 Å². The molecule has 0 fully saturated rings. The van der Waals surface area contributed by atoms with Crippen LogP contribution in [0.1, 0.15) is 30.2 Å². The van der Waals surface area contributed by atoms with Crippen molar-refractivity contribution in [1.82, 2.24) is 9.78 Å². The van der Waals surface area contributed by atoms with E-state index in [0.29, 0.717) is 11.6 Å². The van der Waals surface area contributed by atoms with Gasteiger partial charge < -0.3 is 0 Å². The summed E-state index contributed by atoms with van der Waals surface area (Å²) in [5.41, 5.74) is 1.53. The normalized spacial score (nSPS) is 11.2. The van der Waals surface area contributed by atoms with E-state index in [2.05, 4.69) is 18.9 Å². The van der Waals surface area contributed by atoms with E-state index < -0.39 is 5.24 Å². The van der Waals surface area contributed by atoms with E-state index in [4.69, 9.17) is 11.6 Å². The standard InChI is InChI=1S/C11H11ClN2O/c1-7(2)14-10-4-3-8(11(12)15)5-9(10)6-13-14/h3-7H,1-2H3. The van der Waals surface area contributed by atoms with Crippen LogP contribution in [0.15, 0.2) is 24.4 Å². The van der Waals surface area contributed by atoms with Gasteiger partial charge in [0.05, 0.1) is 11.7 Å². The number of rotatable bonds is 2. The van der Waals surface area contributed by atoms with Gasteiger partial charge in [0.15, 0.2) is 0 Å². The summed E-state index contributed by atoms with van der Waals surface area (Å²) in [7, 11) is 0. The van der Waals surface area contributed by atoms with Crippen molar-refractivity contribution in [3.05, 3.63) is 30.0 Å². The predicted octanol–water partition coefficient (Wildman–Crippen LogP) is 3.00. The molecule has 4 heteroatoms. The molecule has 0 N–H and O–H groups in total. The van der Waals surface area contributed by atoms with Crippen LogP contribution in [0.25, 0.3) is 10.9 Å². The Bertz CT molecular complexity index is 516. The number of carbonyl (C=O) groups is 1. The number of hydrogen-bond acceptors (Lipinski definition) is 2. The molecule has 0 unspecified atom stereocenters. The number of benzene rings is 1. The van der Waals surface area contributed by atoms with E-state index in [1.807, 2.05) is 10.7 Å². The Morgan fingerprint density at radius 3 is 2.80 bits per heavy atom. The van der Waals surface area contributed by atoms with Crippen molar-refractivity contribution in [2.45, 2.75) is 19.9 Å². The van der Waals surface area contributed by atoms with Crippen molar-refractivity contribution in [3.63, 3.8) is 0 Å². The maximum absolute atomic E-state index is 11.0. The first kappa shape index (κ1) is 10.2. The predicted molar refractivity (Wildman–Crippen MR) is 60.3 cm³/mol. The van der Waals surface area contributed by atoms with Crippen LogP contribution in [0.5, 0.6) is 0 Å². The van der Waals surface area contributed by atoms with Crippen molar-refractivity contribution in [2.24, 2.45) is 0 Å². The van der Waals surface area contributed by atoms with Crippen molar-refractivity contribution < 1.29 is 4.79 Å². The molecule has 3 nitrogen and oxygen atoms in total. The highest BCUT2D eigenvalue weighted by Crippen LogP contribution is 2.19. The fourth-order valence-electron chi connectivity index (χ4n) is 1.59. The molecule has 0 bridgehead atoms. The number of aromatic nitrogens is 2. The molecule has 2 rings (SSSR count). The molecule has 0 aliphatic carbocycles. The lowest BCUT2D eigenvalue weighted by atomic mass is 10.2. The first-order valence-electron chi connectivity index (χ1n) is 4.76. The highest BCUT2D eigenvalue weighted by Gasteiger charge is 2.08.